The van der Waals surface area contributed by atoms with E-state index in [0.29, 0.717) is 27.0 Å². The number of carbonyl (C=O) groups is 2. The number of nitrogens with one attached hydrogen (secondary N) is 2. The van der Waals surface area contributed by atoms with Crippen LogP contribution in [0.4, 0.5) is 10.6 Å². The fourth-order valence-electron chi connectivity index (χ4n) is 2.85. The molecule has 2 N–H and O–H groups in total. The van der Waals surface area contributed by atoms with Crippen molar-refractivity contribution >= 4 is 51.8 Å². The Labute approximate surface area is 167 Å². The van der Waals surface area contributed by atoms with Gasteiger partial charge < -0.3 is 5.32 Å². The van der Waals surface area contributed by atoms with Gasteiger partial charge in [-0.05, 0) is 42.8 Å². The van der Waals surface area contributed by atoms with Crippen molar-refractivity contribution in [1.82, 2.24) is 19.9 Å². The molecule has 2 fully saturated rings. The van der Waals surface area contributed by atoms with Crippen LogP contribution in [0.25, 0.3) is 22.3 Å². The van der Waals surface area contributed by atoms with Gasteiger partial charge in [0.05, 0.1) is 21.7 Å². The molecule has 0 radical (unpaired) electrons. The average molecular weight is 408 g/mol. The van der Waals surface area contributed by atoms with Gasteiger partial charge >= 0.3 is 0 Å². The molecule has 4 heterocycles. The first-order chi connectivity index (χ1) is 13.6. The zero-order chi connectivity index (χ0) is 19.3. The van der Waals surface area contributed by atoms with Crippen LogP contribution in [-0.4, -0.2) is 31.8 Å². The summed E-state index contributed by atoms with van der Waals surface area (Å²) in [4.78, 5) is 29.8. The van der Waals surface area contributed by atoms with Crippen LogP contribution in [0.1, 0.15) is 23.3 Å². The second kappa shape index (κ2) is 6.47. The minimum atomic E-state index is -0.418. The lowest BCUT2D eigenvalue weighted by atomic mass is 10.2. The summed E-state index contributed by atoms with van der Waals surface area (Å²) < 4.78 is 1.70. The van der Waals surface area contributed by atoms with Crippen molar-refractivity contribution in [3.05, 3.63) is 39.7 Å². The van der Waals surface area contributed by atoms with Crippen LogP contribution in [0, 0.1) is 11.3 Å². The van der Waals surface area contributed by atoms with Crippen molar-refractivity contribution in [2.24, 2.45) is 0 Å². The van der Waals surface area contributed by atoms with E-state index in [-0.39, 0.29) is 5.24 Å². The number of imide groups is 1. The summed E-state index contributed by atoms with van der Waals surface area (Å²) in [7, 11) is 0. The molecule has 3 aromatic rings. The molecule has 10 heteroatoms. The highest BCUT2D eigenvalue weighted by atomic mass is 32.2. The summed E-state index contributed by atoms with van der Waals surface area (Å²) in [6, 6.07) is 8.12. The van der Waals surface area contributed by atoms with Gasteiger partial charge in [0.25, 0.3) is 11.1 Å². The van der Waals surface area contributed by atoms with Gasteiger partial charge in [-0.25, -0.2) is 4.98 Å². The van der Waals surface area contributed by atoms with Crippen LogP contribution in [0.2, 0.25) is 0 Å². The number of thioether (sulfide) groups is 1. The number of thiophene rings is 1. The number of fused-ring (bicyclic) bond motifs is 1. The van der Waals surface area contributed by atoms with Gasteiger partial charge in [-0.2, -0.15) is 14.9 Å². The summed E-state index contributed by atoms with van der Waals surface area (Å²) in [5, 5.41) is 18.8. The van der Waals surface area contributed by atoms with Gasteiger partial charge in [0.15, 0.2) is 5.65 Å². The maximum atomic E-state index is 11.9. The molecule has 0 spiro atoms. The molecule has 5 rings (SSSR count). The molecule has 1 saturated heterocycles. The van der Waals surface area contributed by atoms with E-state index < -0.39 is 5.91 Å². The minimum absolute atomic E-state index is 0.312. The molecule has 2 amide bonds. The van der Waals surface area contributed by atoms with Crippen molar-refractivity contribution in [1.29, 1.82) is 5.26 Å². The topological polar surface area (TPSA) is 112 Å². The van der Waals surface area contributed by atoms with Gasteiger partial charge in [-0.1, -0.05) is 0 Å². The first-order valence-electron chi connectivity index (χ1n) is 8.51. The molecule has 1 saturated carbocycles. The minimum Gasteiger partial charge on any atom is -0.367 e. The molecule has 28 heavy (non-hydrogen) atoms. The average Bonchev–Trinajstić information content (AvgIpc) is 3.08. The van der Waals surface area contributed by atoms with Crippen LogP contribution in [-0.2, 0) is 4.79 Å². The van der Waals surface area contributed by atoms with Crippen LogP contribution >= 0.6 is 23.1 Å². The van der Waals surface area contributed by atoms with E-state index in [1.165, 1.54) is 11.3 Å². The lowest BCUT2D eigenvalue weighted by Gasteiger charge is -2.09. The Hall–Kier alpha value is -3.16. The lowest BCUT2D eigenvalue weighted by molar-refractivity contribution is -0.115. The molecule has 1 aliphatic carbocycles. The number of hydrogen-bond acceptors (Lipinski definition) is 8. The number of nitrogens with zero attached hydrogens (tertiary/aromatic N) is 4. The summed E-state index contributed by atoms with van der Waals surface area (Å²) in [6.07, 6.45) is 5.46. The van der Waals surface area contributed by atoms with Crippen molar-refractivity contribution in [3.8, 4) is 16.6 Å². The van der Waals surface area contributed by atoms with E-state index >= 15 is 0 Å². The van der Waals surface area contributed by atoms with Gasteiger partial charge in [-0.3, -0.25) is 14.9 Å². The second-order valence-corrected chi connectivity index (χ2v) is 8.51. The SMILES string of the molecule is N#Cc1ccc(-c2cc(NC3CC3)n3ncc(C=C4SC(=O)NC4=O)c3n2)s1. The third-order valence-electron chi connectivity index (χ3n) is 4.33. The van der Waals surface area contributed by atoms with Crippen LogP contribution in [0.3, 0.4) is 0 Å². The third-order valence-corrected chi connectivity index (χ3v) is 6.15. The predicted molar refractivity (Wildman–Crippen MR) is 107 cm³/mol. The molecule has 0 unspecified atom stereocenters. The lowest BCUT2D eigenvalue weighted by Crippen LogP contribution is -2.17. The summed E-state index contributed by atoms with van der Waals surface area (Å²) in [6.45, 7) is 0. The Morgan fingerprint density at radius 3 is 2.89 bits per heavy atom. The highest BCUT2D eigenvalue weighted by Gasteiger charge is 2.26. The van der Waals surface area contributed by atoms with Gasteiger partial charge in [0.2, 0.25) is 0 Å². The first kappa shape index (κ1) is 17.0. The fourth-order valence-corrected chi connectivity index (χ4v) is 4.28. The van der Waals surface area contributed by atoms with Gasteiger partial charge in [0, 0.05) is 17.7 Å². The van der Waals surface area contributed by atoms with Crippen molar-refractivity contribution in [2.75, 3.05) is 5.32 Å². The Balaban J connectivity index is 1.65. The van der Waals surface area contributed by atoms with E-state index in [1.54, 1.807) is 22.9 Å². The van der Waals surface area contributed by atoms with E-state index in [9.17, 15) is 9.59 Å². The fraction of sp³-hybridized carbons (Fsp3) is 0.167. The normalized spacial score (nSPS) is 17.9. The number of nitriles is 1. The second-order valence-electron chi connectivity index (χ2n) is 6.41. The van der Waals surface area contributed by atoms with Crippen LogP contribution in [0.5, 0.6) is 0 Å². The molecule has 3 aromatic heterocycles. The Kier molecular flexibility index (Phi) is 3.92. The van der Waals surface area contributed by atoms with Crippen LogP contribution < -0.4 is 10.6 Å². The summed E-state index contributed by atoms with van der Waals surface area (Å²) >= 11 is 2.23. The molecule has 1 aliphatic heterocycles. The Morgan fingerprint density at radius 1 is 1.36 bits per heavy atom. The maximum absolute atomic E-state index is 11.9. The van der Waals surface area contributed by atoms with Crippen LogP contribution in [0.15, 0.2) is 29.3 Å². The van der Waals surface area contributed by atoms with E-state index in [0.717, 1.165) is 41.0 Å². The molecule has 0 bridgehead atoms. The van der Waals surface area contributed by atoms with Crippen molar-refractivity contribution in [2.45, 2.75) is 18.9 Å². The smallest absolute Gasteiger partial charge is 0.290 e. The highest BCUT2D eigenvalue weighted by Crippen LogP contribution is 2.33. The van der Waals surface area contributed by atoms with Crippen molar-refractivity contribution < 1.29 is 9.59 Å². The van der Waals surface area contributed by atoms with E-state index in [2.05, 4.69) is 21.8 Å². The number of anilines is 1. The highest BCUT2D eigenvalue weighted by molar-refractivity contribution is 8.18. The monoisotopic (exact) mass is 408 g/mol. The Morgan fingerprint density at radius 2 is 2.21 bits per heavy atom. The Bertz CT molecular complexity index is 1210. The molecule has 8 nitrogen and oxygen atoms in total. The number of aromatic nitrogens is 3. The molecule has 2 aliphatic rings. The zero-order valence-corrected chi connectivity index (χ0v) is 15.9. The number of rotatable bonds is 4. The zero-order valence-electron chi connectivity index (χ0n) is 14.3. The summed E-state index contributed by atoms with van der Waals surface area (Å²) in [5.41, 5.74) is 1.94. The number of amides is 2. The quantitative estimate of drug-likeness (QED) is 0.637. The molecule has 138 valence electrons. The van der Waals surface area contributed by atoms with Gasteiger partial charge in [0.1, 0.15) is 16.8 Å². The standard InChI is InChI=1S/C18H12N6O2S2/c19-7-11-3-4-13(27-11)12-6-15(21-10-1-2-10)24-16(22-12)9(8-20-24)5-14-17(25)23-18(26)28-14/h3-6,8,10,21H,1-2H2,(H,23,25,26). The number of hydrogen-bond donors (Lipinski definition) is 2. The van der Waals surface area contributed by atoms with E-state index in [1.807, 2.05) is 12.1 Å². The van der Waals surface area contributed by atoms with Crippen molar-refractivity contribution in [3.63, 3.8) is 0 Å². The first-order valence-corrected chi connectivity index (χ1v) is 10.1. The largest absolute Gasteiger partial charge is 0.367 e. The summed E-state index contributed by atoms with van der Waals surface area (Å²) in [5.74, 6) is 0.386. The number of carbonyl (C=O) groups excluding carboxylic acids is 2. The molecular formula is C18H12N6O2S2. The third kappa shape index (κ3) is 3.04. The maximum Gasteiger partial charge on any atom is 0.290 e. The molecule has 0 atom stereocenters. The van der Waals surface area contributed by atoms with Gasteiger partial charge in [-0.15, -0.1) is 11.3 Å². The molecule has 0 aromatic carbocycles. The predicted octanol–water partition coefficient (Wildman–Crippen LogP) is 3.23. The van der Waals surface area contributed by atoms with E-state index in [4.69, 9.17) is 10.2 Å². The molecular weight excluding hydrogens is 396 g/mol.